The number of ether oxygens (including phenoxy) is 3. The normalized spacial score (nSPS) is 17.7. The Hall–Kier alpha value is -2.04. The van der Waals surface area contributed by atoms with E-state index in [1.54, 1.807) is 32.9 Å². The van der Waals surface area contributed by atoms with Crippen molar-refractivity contribution in [3.05, 3.63) is 23.3 Å². The first-order valence-corrected chi connectivity index (χ1v) is 7.28. The molecule has 5 nitrogen and oxygen atoms in total. The zero-order valence-electron chi connectivity index (χ0n) is 13.7. The molecule has 1 unspecified atom stereocenters. The van der Waals surface area contributed by atoms with Gasteiger partial charge in [0.1, 0.15) is 17.6 Å². The van der Waals surface area contributed by atoms with E-state index in [-0.39, 0.29) is 11.8 Å². The zero-order chi connectivity index (χ0) is 16.5. The molecule has 1 aliphatic carbocycles. The molecule has 2 rings (SSSR count). The molecule has 0 saturated heterocycles. The summed E-state index contributed by atoms with van der Waals surface area (Å²) in [7, 11) is 3.05. The molecule has 0 aliphatic heterocycles. The van der Waals surface area contributed by atoms with Gasteiger partial charge in [-0.25, -0.2) is 0 Å². The number of esters is 1. The number of fused-ring (bicyclic) bond motifs is 1. The fraction of sp³-hybridized carbons (Fsp3) is 0.529. The molecular weight excluding hydrogens is 284 g/mol. The molecule has 0 bridgehead atoms. The van der Waals surface area contributed by atoms with Gasteiger partial charge in [-0.05, 0) is 39.3 Å². The third-order valence-electron chi connectivity index (χ3n) is 3.70. The molecule has 0 heterocycles. The maximum Gasteiger partial charge on any atom is 0.311 e. The third kappa shape index (κ3) is 2.93. The molecule has 0 aromatic heterocycles. The van der Waals surface area contributed by atoms with Crippen LogP contribution in [0.25, 0.3) is 0 Å². The lowest BCUT2D eigenvalue weighted by Crippen LogP contribution is -2.28. The molecule has 0 spiro atoms. The van der Waals surface area contributed by atoms with Crippen LogP contribution in [-0.2, 0) is 9.53 Å². The van der Waals surface area contributed by atoms with Gasteiger partial charge in [-0.1, -0.05) is 0 Å². The van der Waals surface area contributed by atoms with Gasteiger partial charge in [0.25, 0.3) is 0 Å². The van der Waals surface area contributed by atoms with Crippen LogP contribution in [0, 0.1) is 5.41 Å². The van der Waals surface area contributed by atoms with E-state index in [0.717, 1.165) is 0 Å². The quantitative estimate of drug-likeness (QED) is 0.802. The Labute approximate surface area is 130 Å². The molecule has 0 fully saturated rings. The monoisotopic (exact) mass is 306 g/mol. The first-order valence-electron chi connectivity index (χ1n) is 7.28. The number of ketones is 1. The van der Waals surface area contributed by atoms with E-state index in [0.29, 0.717) is 35.5 Å². The molecule has 0 radical (unpaired) electrons. The fourth-order valence-electron chi connectivity index (χ4n) is 2.49. The van der Waals surface area contributed by atoms with Crippen molar-refractivity contribution in [2.24, 2.45) is 5.41 Å². The number of benzene rings is 1. The minimum atomic E-state index is -0.603. The number of hydrogen-bond donors (Lipinski definition) is 0. The first-order chi connectivity index (χ1) is 10.3. The van der Waals surface area contributed by atoms with Crippen molar-refractivity contribution in [1.82, 2.24) is 0 Å². The maximum atomic E-state index is 12.3. The van der Waals surface area contributed by atoms with Crippen molar-refractivity contribution in [3.63, 3.8) is 0 Å². The SMILES string of the molecule is COc1ccc(OC)c2c1C(=O)CCC2OC(=O)C(C)(C)C. The van der Waals surface area contributed by atoms with Gasteiger partial charge in [-0.2, -0.15) is 0 Å². The summed E-state index contributed by atoms with van der Waals surface area (Å²) >= 11 is 0. The summed E-state index contributed by atoms with van der Waals surface area (Å²) in [5.41, 5.74) is 0.462. The standard InChI is InChI=1S/C17H22O5/c1-17(2,3)16(19)22-13-7-6-10(18)14-11(20-4)8-9-12(21-5)15(13)14/h8-9,13H,6-7H2,1-5H3. The molecule has 0 N–H and O–H groups in total. The molecule has 120 valence electrons. The predicted molar refractivity (Wildman–Crippen MR) is 81.4 cm³/mol. The summed E-state index contributed by atoms with van der Waals surface area (Å²) < 4.78 is 16.3. The zero-order valence-corrected chi connectivity index (χ0v) is 13.7. The number of Topliss-reactive ketones (excluding diaryl/α,β-unsaturated/α-hetero) is 1. The molecule has 0 saturated carbocycles. The minimum absolute atomic E-state index is 0.0196. The van der Waals surface area contributed by atoms with Crippen molar-refractivity contribution in [2.45, 2.75) is 39.7 Å². The van der Waals surface area contributed by atoms with Crippen molar-refractivity contribution in [3.8, 4) is 11.5 Å². The van der Waals surface area contributed by atoms with Gasteiger partial charge in [0.2, 0.25) is 0 Å². The lowest BCUT2D eigenvalue weighted by atomic mass is 9.86. The average molecular weight is 306 g/mol. The van der Waals surface area contributed by atoms with E-state index in [4.69, 9.17) is 14.2 Å². The summed E-state index contributed by atoms with van der Waals surface area (Å²) in [6.07, 6.45) is 0.278. The second kappa shape index (κ2) is 5.99. The largest absolute Gasteiger partial charge is 0.496 e. The minimum Gasteiger partial charge on any atom is -0.496 e. The Balaban J connectivity index is 2.49. The van der Waals surface area contributed by atoms with Crippen LogP contribution in [0.4, 0.5) is 0 Å². The Kier molecular flexibility index (Phi) is 4.44. The van der Waals surface area contributed by atoms with Crippen LogP contribution in [0.15, 0.2) is 12.1 Å². The van der Waals surface area contributed by atoms with Crippen molar-refractivity contribution < 1.29 is 23.8 Å². The summed E-state index contributed by atoms with van der Waals surface area (Å²) in [5, 5.41) is 0. The molecule has 1 atom stereocenters. The van der Waals surface area contributed by atoms with E-state index in [2.05, 4.69) is 0 Å². The Morgan fingerprint density at radius 1 is 1.14 bits per heavy atom. The number of hydrogen-bond acceptors (Lipinski definition) is 5. The van der Waals surface area contributed by atoms with E-state index in [1.807, 2.05) is 0 Å². The van der Waals surface area contributed by atoms with Crippen LogP contribution in [0.3, 0.4) is 0 Å². The molecule has 22 heavy (non-hydrogen) atoms. The second-order valence-electron chi connectivity index (χ2n) is 6.36. The van der Waals surface area contributed by atoms with Crippen LogP contribution < -0.4 is 9.47 Å². The third-order valence-corrected chi connectivity index (χ3v) is 3.70. The summed E-state index contributed by atoms with van der Waals surface area (Å²) in [4.78, 5) is 24.5. The summed E-state index contributed by atoms with van der Waals surface area (Å²) in [6, 6.07) is 3.43. The summed E-state index contributed by atoms with van der Waals surface area (Å²) in [6.45, 7) is 5.40. The lowest BCUT2D eigenvalue weighted by molar-refractivity contribution is -0.159. The predicted octanol–water partition coefficient (Wildman–Crippen LogP) is 3.31. The highest BCUT2D eigenvalue weighted by atomic mass is 16.5. The Morgan fingerprint density at radius 3 is 2.27 bits per heavy atom. The van der Waals surface area contributed by atoms with Gasteiger partial charge >= 0.3 is 5.97 Å². The maximum absolute atomic E-state index is 12.3. The molecule has 1 aromatic rings. The first kappa shape index (κ1) is 16.3. The van der Waals surface area contributed by atoms with Crippen LogP contribution in [-0.4, -0.2) is 26.0 Å². The molecule has 5 heteroatoms. The highest BCUT2D eigenvalue weighted by Crippen LogP contribution is 2.43. The van der Waals surface area contributed by atoms with Gasteiger partial charge in [0.05, 0.1) is 25.2 Å². The van der Waals surface area contributed by atoms with Gasteiger partial charge < -0.3 is 14.2 Å². The van der Waals surface area contributed by atoms with Crippen LogP contribution in [0.1, 0.15) is 55.6 Å². The van der Waals surface area contributed by atoms with Gasteiger partial charge in [-0.3, -0.25) is 9.59 Å². The molecule has 0 amide bonds. The van der Waals surface area contributed by atoms with Gasteiger partial charge in [-0.15, -0.1) is 0 Å². The van der Waals surface area contributed by atoms with E-state index >= 15 is 0 Å². The molecule has 1 aromatic carbocycles. The number of rotatable bonds is 3. The highest BCUT2D eigenvalue weighted by Gasteiger charge is 2.36. The van der Waals surface area contributed by atoms with Crippen molar-refractivity contribution in [1.29, 1.82) is 0 Å². The smallest absolute Gasteiger partial charge is 0.311 e. The van der Waals surface area contributed by atoms with Crippen LogP contribution in [0.5, 0.6) is 11.5 Å². The number of carbonyl (C=O) groups is 2. The van der Waals surface area contributed by atoms with Crippen LogP contribution in [0.2, 0.25) is 0 Å². The van der Waals surface area contributed by atoms with E-state index < -0.39 is 11.5 Å². The van der Waals surface area contributed by atoms with Crippen LogP contribution >= 0.6 is 0 Å². The van der Waals surface area contributed by atoms with E-state index in [9.17, 15) is 9.59 Å². The lowest BCUT2D eigenvalue weighted by Gasteiger charge is -2.29. The fourth-order valence-corrected chi connectivity index (χ4v) is 2.49. The number of methoxy groups -OCH3 is 2. The molecule has 1 aliphatic rings. The number of carbonyl (C=O) groups excluding carboxylic acids is 2. The second-order valence-corrected chi connectivity index (χ2v) is 6.36. The highest BCUT2D eigenvalue weighted by molar-refractivity contribution is 6.02. The van der Waals surface area contributed by atoms with E-state index in [1.165, 1.54) is 14.2 Å². The topological polar surface area (TPSA) is 61.8 Å². The Bertz CT molecular complexity index is 598. The Morgan fingerprint density at radius 2 is 1.73 bits per heavy atom. The van der Waals surface area contributed by atoms with Crippen molar-refractivity contribution >= 4 is 11.8 Å². The van der Waals surface area contributed by atoms with Crippen molar-refractivity contribution in [2.75, 3.05) is 14.2 Å². The molecular formula is C17H22O5. The average Bonchev–Trinajstić information content (AvgIpc) is 2.47. The van der Waals surface area contributed by atoms with Gasteiger partial charge in [0, 0.05) is 12.0 Å². The summed E-state index contributed by atoms with van der Waals surface area (Å²) in [5.74, 6) is 0.698. The van der Waals surface area contributed by atoms with Gasteiger partial charge in [0.15, 0.2) is 5.78 Å².